The Morgan fingerprint density at radius 3 is 2.84 bits per heavy atom. The fourth-order valence-corrected chi connectivity index (χ4v) is 3.44. The first-order valence-corrected chi connectivity index (χ1v) is 8.92. The van der Waals surface area contributed by atoms with Crippen LogP contribution >= 0.6 is 0 Å². The smallest absolute Gasteiger partial charge is 0.132 e. The summed E-state index contributed by atoms with van der Waals surface area (Å²) in [7, 11) is 1.99. The SMILES string of the molecule is CCc1cc(N2CC[C@H](C)C2)ncc1Nc1cc2c(cn1)ncn2C. The molecule has 0 aromatic carbocycles. The molecule has 0 aliphatic carbocycles. The van der Waals surface area contributed by atoms with Gasteiger partial charge in [0.2, 0.25) is 0 Å². The van der Waals surface area contributed by atoms with E-state index in [1.807, 2.05) is 23.9 Å². The molecule has 0 unspecified atom stereocenters. The lowest BCUT2D eigenvalue weighted by atomic mass is 10.1. The van der Waals surface area contributed by atoms with E-state index in [1.54, 1.807) is 12.5 Å². The van der Waals surface area contributed by atoms with E-state index in [-0.39, 0.29) is 0 Å². The van der Waals surface area contributed by atoms with Gasteiger partial charge in [0.05, 0.1) is 29.9 Å². The van der Waals surface area contributed by atoms with Crippen LogP contribution in [0.2, 0.25) is 0 Å². The molecule has 1 atom stereocenters. The van der Waals surface area contributed by atoms with Gasteiger partial charge in [-0.05, 0) is 30.4 Å². The summed E-state index contributed by atoms with van der Waals surface area (Å²) in [5.74, 6) is 2.65. The number of aryl methyl sites for hydroxylation is 2. The topological polar surface area (TPSA) is 58.9 Å². The number of hydrogen-bond donors (Lipinski definition) is 1. The van der Waals surface area contributed by atoms with E-state index in [0.717, 1.165) is 53.8 Å². The van der Waals surface area contributed by atoms with Crippen molar-refractivity contribution >= 4 is 28.4 Å². The van der Waals surface area contributed by atoms with Crippen molar-refractivity contribution in [2.75, 3.05) is 23.3 Å². The van der Waals surface area contributed by atoms with Crippen LogP contribution in [0.3, 0.4) is 0 Å². The van der Waals surface area contributed by atoms with E-state index < -0.39 is 0 Å². The lowest BCUT2D eigenvalue weighted by Crippen LogP contribution is -2.20. The Morgan fingerprint density at radius 1 is 1.20 bits per heavy atom. The lowest BCUT2D eigenvalue weighted by molar-refractivity contribution is 0.659. The monoisotopic (exact) mass is 336 g/mol. The van der Waals surface area contributed by atoms with Crippen LogP contribution in [0.25, 0.3) is 11.0 Å². The van der Waals surface area contributed by atoms with Crippen molar-refractivity contribution in [1.82, 2.24) is 19.5 Å². The van der Waals surface area contributed by atoms with Crippen LogP contribution in [-0.4, -0.2) is 32.6 Å². The van der Waals surface area contributed by atoms with Crippen LogP contribution < -0.4 is 10.2 Å². The van der Waals surface area contributed by atoms with Crippen LogP contribution in [0.5, 0.6) is 0 Å². The number of rotatable bonds is 4. The molecule has 0 amide bonds. The highest BCUT2D eigenvalue weighted by molar-refractivity contribution is 5.78. The highest BCUT2D eigenvalue weighted by Crippen LogP contribution is 2.27. The van der Waals surface area contributed by atoms with E-state index in [1.165, 1.54) is 12.0 Å². The summed E-state index contributed by atoms with van der Waals surface area (Å²) in [5.41, 5.74) is 4.25. The van der Waals surface area contributed by atoms with Crippen molar-refractivity contribution < 1.29 is 0 Å². The van der Waals surface area contributed by atoms with Crippen molar-refractivity contribution in [2.24, 2.45) is 13.0 Å². The Hall–Kier alpha value is -2.63. The third-order valence-electron chi connectivity index (χ3n) is 4.98. The van der Waals surface area contributed by atoms with Crippen LogP contribution in [0.1, 0.15) is 25.8 Å². The van der Waals surface area contributed by atoms with Crippen LogP contribution in [0, 0.1) is 5.92 Å². The molecule has 1 N–H and O–H groups in total. The largest absolute Gasteiger partial charge is 0.356 e. The second kappa shape index (κ2) is 6.35. The van der Waals surface area contributed by atoms with Gasteiger partial charge in [0.25, 0.3) is 0 Å². The predicted molar refractivity (Wildman–Crippen MR) is 101 cm³/mol. The molecule has 1 aliphatic heterocycles. The maximum atomic E-state index is 4.69. The minimum Gasteiger partial charge on any atom is -0.356 e. The summed E-state index contributed by atoms with van der Waals surface area (Å²) in [5, 5.41) is 3.43. The average Bonchev–Trinajstić information content (AvgIpc) is 3.22. The van der Waals surface area contributed by atoms with Crippen molar-refractivity contribution in [3.63, 3.8) is 0 Å². The summed E-state index contributed by atoms with van der Waals surface area (Å²) >= 11 is 0. The maximum Gasteiger partial charge on any atom is 0.132 e. The molecule has 25 heavy (non-hydrogen) atoms. The second-order valence-electron chi connectivity index (χ2n) is 6.93. The highest BCUT2D eigenvalue weighted by atomic mass is 15.2. The molecule has 130 valence electrons. The van der Waals surface area contributed by atoms with Gasteiger partial charge in [0.1, 0.15) is 17.2 Å². The summed E-state index contributed by atoms with van der Waals surface area (Å²) in [6.45, 7) is 6.68. The quantitative estimate of drug-likeness (QED) is 0.790. The first-order chi connectivity index (χ1) is 12.1. The van der Waals surface area contributed by atoms with Gasteiger partial charge in [-0.3, -0.25) is 0 Å². The van der Waals surface area contributed by atoms with Crippen LogP contribution in [0.15, 0.2) is 30.9 Å². The van der Waals surface area contributed by atoms with Crippen LogP contribution in [-0.2, 0) is 13.5 Å². The number of fused-ring (bicyclic) bond motifs is 1. The molecule has 0 radical (unpaired) electrons. The van der Waals surface area contributed by atoms with Gasteiger partial charge < -0.3 is 14.8 Å². The van der Waals surface area contributed by atoms with E-state index in [0.29, 0.717) is 0 Å². The lowest BCUT2D eigenvalue weighted by Gasteiger charge is -2.19. The third kappa shape index (κ3) is 3.04. The summed E-state index contributed by atoms with van der Waals surface area (Å²) in [6.07, 6.45) is 7.75. The minimum absolute atomic E-state index is 0.750. The van der Waals surface area contributed by atoms with Crippen molar-refractivity contribution in [3.05, 3.63) is 36.4 Å². The van der Waals surface area contributed by atoms with Gasteiger partial charge in [-0.2, -0.15) is 0 Å². The highest BCUT2D eigenvalue weighted by Gasteiger charge is 2.20. The zero-order chi connectivity index (χ0) is 17.4. The Kier molecular flexibility index (Phi) is 4.03. The number of anilines is 3. The average molecular weight is 336 g/mol. The fraction of sp³-hybridized carbons (Fsp3) is 0.421. The number of hydrogen-bond acceptors (Lipinski definition) is 5. The van der Waals surface area contributed by atoms with Crippen molar-refractivity contribution in [2.45, 2.75) is 26.7 Å². The van der Waals surface area contributed by atoms with Gasteiger partial charge in [-0.1, -0.05) is 13.8 Å². The molecule has 4 heterocycles. The first-order valence-electron chi connectivity index (χ1n) is 8.92. The number of pyridine rings is 2. The summed E-state index contributed by atoms with van der Waals surface area (Å²) in [4.78, 5) is 15.9. The first kappa shape index (κ1) is 15.9. The van der Waals surface area contributed by atoms with Gasteiger partial charge >= 0.3 is 0 Å². The molecule has 3 aromatic heterocycles. The maximum absolute atomic E-state index is 4.69. The molecular weight excluding hydrogens is 312 g/mol. The standard InChI is InChI=1S/C19H24N6/c1-4-14-7-19(25-6-5-13(2)11-25)21-9-15(14)23-18-8-17-16(10-20-18)22-12-24(17)3/h7-10,12-13H,4-6,11H2,1-3H3,(H,20,23)/t13-/m0/s1. The third-order valence-corrected chi connectivity index (χ3v) is 4.98. The predicted octanol–water partition coefficient (Wildman–Crippen LogP) is 3.52. The van der Waals surface area contributed by atoms with E-state index in [4.69, 9.17) is 0 Å². The molecule has 0 spiro atoms. The molecule has 3 aromatic rings. The molecule has 6 nitrogen and oxygen atoms in total. The van der Waals surface area contributed by atoms with Gasteiger partial charge in [0, 0.05) is 26.2 Å². The van der Waals surface area contributed by atoms with Gasteiger partial charge in [-0.15, -0.1) is 0 Å². The minimum atomic E-state index is 0.750. The molecule has 0 bridgehead atoms. The zero-order valence-corrected chi connectivity index (χ0v) is 15.0. The van der Waals surface area contributed by atoms with E-state index in [9.17, 15) is 0 Å². The normalized spacial score (nSPS) is 17.4. The van der Waals surface area contributed by atoms with Gasteiger partial charge in [0.15, 0.2) is 0 Å². The van der Waals surface area contributed by atoms with Gasteiger partial charge in [-0.25, -0.2) is 15.0 Å². The van der Waals surface area contributed by atoms with Crippen LogP contribution in [0.4, 0.5) is 17.3 Å². The number of nitrogens with zero attached hydrogens (tertiary/aromatic N) is 5. The molecule has 1 fully saturated rings. The zero-order valence-electron chi connectivity index (χ0n) is 15.0. The number of aromatic nitrogens is 4. The molecule has 6 heteroatoms. The summed E-state index contributed by atoms with van der Waals surface area (Å²) < 4.78 is 2.00. The number of nitrogens with one attached hydrogen (secondary N) is 1. The Balaban J connectivity index is 1.61. The Morgan fingerprint density at radius 2 is 2.08 bits per heavy atom. The van der Waals surface area contributed by atoms with E-state index >= 15 is 0 Å². The van der Waals surface area contributed by atoms with E-state index in [2.05, 4.69) is 45.1 Å². The van der Waals surface area contributed by atoms with Crippen molar-refractivity contribution in [3.8, 4) is 0 Å². The molecule has 1 aliphatic rings. The molecule has 4 rings (SSSR count). The Bertz CT molecular complexity index is 900. The molecule has 0 saturated carbocycles. The molecule has 1 saturated heterocycles. The fourth-order valence-electron chi connectivity index (χ4n) is 3.44. The molecular formula is C19H24N6. The number of imidazole rings is 1. The summed E-state index contributed by atoms with van der Waals surface area (Å²) in [6, 6.07) is 4.24. The Labute approximate surface area is 147 Å². The van der Waals surface area contributed by atoms with Crippen molar-refractivity contribution in [1.29, 1.82) is 0 Å². The second-order valence-corrected chi connectivity index (χ2v) is 6.93.